The van der Waals surface area contributed by atoms with Gasteiger partial charge in [0.15, 0.2) is 11.6 Å². The standard InChI is InChI=1S/C19H17Cl2NO3/c20-13-7-10(8-18(25)19(13)21)22-14-3-1-5-16(23)11(14)9-12-15(22)4-2-6-17(12)24/h7-8,25H,1-6,9H2. The van der Waals surface area contributed by atoms with Gasteiger partial charge in [-0.1, -0.05) is 23.2 Å². The van der Waals surface area contributed by atoms with Gasteiger partial charge in [-0.3, -0.25) is 9.59 Å². The number of carbonyl (C=O) groups excluding carboxylic acids is 2. The van der Waals surface area contributed by atoms with Crippen molar-refractivity contribution < 1.29 is 14.7 Å². The number of benzene rings is 1. The van der Waals surface area contributed by atoms with Crippen LogP contribution < -0.4 is 4.90 Å². The maximum Gasteiger partial charge on any atom is 0.160 e. The van der Waals surface area contributed by atoms with Crippen LogP contribution in [-0.2, 0) is 9.59 Å². The van der Waals surface area contributed by atoms with Crippen LogP contribution in [0.2, 0.25) is 10.0 Å². The molecule has 0 fully saturated rings. The first kappa shape index (κ1) is 16.7. The monoisotopic (exact) mass is 377 g/mol. The molecule has 1 aliphatic heterocycles. The van der Waals surface area contributed by atoms with Crippen LogP contribution in [0.4, 0.5) is 5.69 Å². The Bertz CT molecular complexity index is 804. The lowest BCUT2D eigenvalue weighted by molar-refractivity contribution is -0.116. The molecular formula is C19H17Cl2NO3. The summed E-state index contributed by atoms with van der Waals surface area (Å²) in [5.74, 6) is 0.115. The molecule has 130 valence electrons. The van der Waals surface area contributed by atoms with E-state index in [1.807, 2.05) is 4.90 Å². The van der Waals surface area contributed by atoms with Crippen molar-refractivity contribution in [2.24, 2.45) is 0 Å². The smallest absolute Gasteiger partial charge is 0.160 e. The number of rotatable bonds is 1. The normalized spacial score (nSPS) is 20.8. The summed E-state index contributed by atoms with van der Waals surface area (Å²) in [6.45, 7) is 0. The number of phenolic OH excluding ortho intramolecular Hbond substituents is 1. The molecule has 0 amide bonds. The van der Waals surface area contributed by atoms with E-state index < -0.39 is 0 Å². The van der Waals surface area contributed by atoms with Crippen molar-refractivity contribution in [1.82, 2.24) is 0 Å². The number of allylic oxidation sites excluding steroid dienone is 4. The number of aromatic hydroxyl groups is 1. The van der Waals surface area contributed by atoms with Gasteiger partial charge in [0.1, 0.15) is 10.8 Å². The first-order valence-corrected chi connectivity index (χ1v) is 9.21. The Morgan fingerprint density at radius 1 is 0.880 bits per heavy atom. The van der Waals surface area contributed by atoms with Gasteiger partial charge in [-0.25, -0.2) is 0 Å². The molecule has 0 spiro atoms. The maximum atomic E-state index is 12.5. The number of nitrogens with zero attached hydrogens (tertiary/aromatic N) is 1. The zero-order valence-corrected chi connectivity index (χ0v) is 15.1. The van der Waals surface area contributed by atoms with Crippen molar-refractivity contribution in [3.63, 3.8) is 0 Å². The molecule has 4 rings (SSSR count). The highest BCUT2D eigenvalue weighted by Crippen LogP contribution is 2.46. The summed E-state index contributed by atoms with van der Waals surface area (Å²) in [5.41, 5.74) is 3.97. The Morgan fingerprint density at radius 2 is 1.44 bits per heavy atom. The van der Waals surface area contributed by atoms with Crippen LogP contribution in [0.1, 0.15) is 44.9 Å². The predicted octanol–water partition coefficient (Wildman–Crippen LogP) is 4.92. The zero-order valence-electron chi connectivity index (χ0n) is 13.6. The first-order valence-electron chi connectivity index (χ1n) is 8.46. The molecule has 0 radical (unpaired) electrons. The zero-order chi connectivity index (χ0) is 17.7. The van der Waals surface area contributed by atoms with E-state index in [2.05, 4.69) is 0 Å². The number of Topliss-reactive ketones (excluding diaryl/α,β-unsaturated/α-hetero) is 2. The average Bonchev–Trinajstić information content (AvgIpc) is 2.58. The fourth-order valence-electron chi connectivity index (χ4n) is 3.99. The molecule has 3 aliphatic rings. The Labute approximate surface area is 155 Å². The number of phenols is 1. The quantitative estimate of drug-likeness (QED) is 0.753. The molecule has 0 unspecified atom stereocenters. The SMILES string of the molecule is O=C1CCCC2=C1CC1=C(CCCC1=O)N2c1cc(O)c(Cl)c(Cl)c1. The lowest BCUT2D eigenvalue weighted by Crippen LogP contribution is -2.35. The summed E-state index contributed by atoms with van der Waals surface area (Å²) < 4.78 is 0. The van der Waals surface area contributed by atoms with Crippen molar-refractivity contribution in [1.29, 1.82) is 0 Å². The highest BCUT2D eigenvalue weighted by atomic mass is 35.5. The molecule has 1 heterocycles. The van der Waals surface area contributed by atoms with Crippen LogP contribution in [0.15, 0.2) is 34.7 Å². The van der Waals surface area contributed by atoms with Crippen molar-refractivity contribution in [2.45, 2.75) is 44.9 Å². The van der Waals surface area contributed by atoms with Crippen LogP contribution >= 0.6 is 23.2 Å². The summed E-state index contributed by atoms with van der Waals surface area (Å²) in [7, 11) is 0. The highest BCUT2D eigenvalue weighted by molar-refractivity contribution is 6.43. The van der Waals surface area contributed by atoms with Crippen molar-refractivity contribution in [2.75, 3.05) is 4.90 Å². The summed E-state index contributed by atoms with van der Waals surface area (Å²) >= 11 is 12.1. The Hall–Kier alpha value is -1.78. The number of ketones is 2. The fraction of sp³-hybridized carbons (Fsp3) is 0.368. The second kappa shape index (κ2) is 6.19. The van der Waals surface area contributed by atoms with E-state index >= 15 is 0 Å². The van der Waals surface area contributed by atoms with E-state index in [9.17, 15) is 14.7 Å². The fourth-order valence-corrected chi connectivity index (χ4v) is 4.31. The lowest BCUT2D eigenvalue weighted by atomic mass is 9.80. The van der Waals surface area contributed by atoms with Gasteiger partial charge in [-0.2, -0.15) is 0 Å². The van der Waals surface area contributed by atoms with Crippen molar-refractivity contribution in [3.05, 3.63) is 44.7 Å². The van der Waals surface area contributed by atoms with Gasteiger partial charge in [0, 0.05) is 47.9 Å². The second-order valence-corrected chi connectivity index (χ2v) is 7.46. The Balaban J connectivity index is 1.93. The molecule has 6 heteroatoms. The highest BCUT2D eigenvalue weighted by Gasteiger charge is 2.37. The van der Waals surface area contributed by atoms with Gasteiger partial charge in [-0.05, 0) is 31.7 Å². The minimum absolute atomic E-state index is 0.102. The third-order valence-corrected chi connectivity index (χ3v) is 5.94. The van der Waals surface area contributed by atoms with Crippen LogP contribution in [-0.4, -0.2) is 16.7 Å². The van der Waals surface area contributed by atoms with Crippen LogP contribution in [0, 0.1) is 0 Å². The molecule has 0 saturated carbocycles. The van der Waals surface area contributed by atoms with Gasteiger partial charge in [0.2, 0.25) is 0 Å². The molecule has 4 nitrogen and oxygen atoms in total. The minimum Gasteiger partial charge on any atom is -0.506 e. The number of hydrogen-bond donors (Lipinski definition) is 1. The Morgan fingerprint density at radius 3 is 1.96 bits per heavy atom. The van der Waals surface area contributed by atoms with Crippen molar-refractivity contribution >= 4 is 40.5 Å². The molecule has 1 N–H and O–H groups in total. The average molecular weight is 378 g/mol. The molecule has 2 aliphatic carbocycles. The summed E-state index contributed by atoms with van der Waals surface area (Å²) in [6.07, 6.45) is 4.61. The summed E-state index contributed by atoms with van der Waals surface area (Å²) in [5, 5.41) is 10.4. The largest absolute Gasteiger partial charge is 0.506 e. The summed E-state index contributed by atoms with van der Waals surface area (Å²) in [4.78, 5) is 26.9. The first-order chi connectivity index (χ1) is 12.0. The molecule has 1 aromatic carbocycles. The molecule has 0 atom stereocenters. The molecular weight excluding hydrogens is 361 g/mol. The number of halogens is 2. The van der Waals surface area contributed by atoms with E-state index in [-0.39, 0.29) is 27.4 Å². The summed E-state index contributed by atoms with van der Waals surface area (Å²) in [6, 6.07) is 3.23. The van der Waals surface area contributed by atoms with Gasteiger partial charge in [0.25, 0.3) is 0 Å². The molecule has 25 heavy (non-hydrogen) atoms. The minimum atomic E-state index is -0.108. The molecule has 1 aromatic rings. The van der Waals surface area contributed by atoms with E-state index in [4.69, 9.17) is 23.2 Å². The van der Waals surface area contributed by atoms with Crippen molar-refractivity contribution in [3.8, 4) is 5.75 Å². The topological polar surface area (TPSA) is 57.6 Å². The van der Waals surface area contributed by atoms with E-state index in [1.54, 1.807) is 12.1 Å². The molecule has 0 saturated heterocycles. The van der Waals surface area contributed by atoms with E-state index in [0.29, 0.717) is 24.9 Å². The number of carbonyl (C=O) groups is 2. The van der Waals surface area contributed by atoms with Crippen LogP contribution in [0.25, 0.3) is 0 Å². The van der Waals surface area contributed by atoms with Gasteiger partial charge in [0.05, 0.1) is 10.7 Å². The Kier molecular flexibility index (Phi) is 4.13. The maximum absolute atomic E-state index is 12.5. The third-order valence-electron chi connectivity index (χ3n) is 5.15. The van der Waals surface area contributed by atoms with E-state index in [1.165, 1.54) is 0 Å². The third kappa shape index (κ3) is 2.68. The van der Waals surface area contributed by atoms with Crippen LogP contribution in [0.3, 0.4) is 0 Å². The van der Waals surface area contributed by atoms with E-state index in [0.717, 1.165) is 48.2 Å². The lowest BCUT2D eigenvalue weighted by Gasteiger charge is -2.40. The second-order valence-electron chi connectivity index (χ2n) is 6.68. The van der Waals surface area contributed by atoms with Gasteiger partial charge >= 0.3 is 0 Å². The van der Waals surface area contributed by atoms with Crippen LogP contribution in [0.5, 0.6) is 5.75 Å². The number of anilines is 1. The van der Waals surface area contributed by atoms with Gasteiger partial charge < -0.3 is 10.0 Å². The molecule has 0 bridgehead atoms. The van der Waals surface area contributed by atoms with Gasteiger partial charge in [-0.15, -0.1) is 0 Å². The number of hydrogen-bond acceptors (Lipinski definition) is 4. The molecule has 0 aromatic heterocycles. The predicted molar refractivity (Wildman–Crippen MR) is 97.0 cm³/mol.